The fraction of sp³-hybridized carbons (Fsp3) is 0.400. The summed E-state index contributed by atoms with van der Waals surface area (Å²) in [5.41, 5.74) is 0.530. The Bertz CT molecular complexity index is 769. The summed E-state index contributed by atoms with van der Waals surface area (Å²) in [4.78, 5) is 16.0. The van der Waals surface area contributed by atoms with Gasteiger partial charge in [0.2, 0.25) is 5.88 Å². The zero-order valence-electron chi connectivity index (χ0n) is 13.7. The zero-order chi connectivity index (χ0) is 18.1. The number of rotatable bonds is 4. The van der Waals surface area contributed by atoms with E-state index in [1.165, 1.54) is 6.07 Å². The lowest BCUT2D eigenvalue weighted by atomic mass is 10.1. The number of carbonyl (C=O) groups is 1. The number of aryl methyl sites for hydroxylation is 1. The predicted octanol–water partition coefficient (Wildman–Crippen LogP) is 4.32. The molecule has 130 valence electrons. The molecule has 2 aromatic rings. The maximum absolute atomic E-state index is 12.1. The number of halogens is 3. The van der Waals surface area contributed by atoms with E-state index in [0.717, 1.165) is 5.69 Å². The van der Waals surface area contributed by atoms with Gasteiger partial charge in [-0.1, -0.05) is 34.8 Å². The van der Waals surface area contributed by atoms with Crippen LogP contribution in [-0.4, -0.2) is 27.3 Å². The van der Waals surface area contributed by atoms with Crippen LogP contribution in [0.4, 0.5) is 5.82 Å². The summed E-state index contributed by atoms with van der Waals surface area (Å²) in [6.07, 6.45) is 0. The Balaban J connectivity index is 2.06. The molecule has 6 nitrogen and oxygen atoms in total. The second kappa shape index (κ2) is 7.17. The lowest BCUT2D eigenvalue weighted by Gasteiger charge is -2.22. The molecule has 0 saturated carbocycles. The first-order valence-electron chi connectivity index (χ1n) is 7.09. The van der Waals surface area contributed by atoms with Crippen molar-refractivity contribution in [2.45, 2.75) is 33.2 Å². The molecule has 0 aliphatic carbocycles. The van der Waals surface area contributed by atoms with Crippen LogP contribution in [0.3, 0.4) is 0 Å². The molecule has 1 amide bonds. The van der Waals surface area contributed by atoms with Gasteiger partial charge in [0.25, 0.3) is 5.91 Å². The number of hydrogen-bond acceptors (Lipinski definition) is 4. The van der Waals surface area contributed by atoms with E-state index in [-0.39, 0.29) is 39.1 Å². The summed E-state index contributed by atoms with van der Waals surface area (Å²) in [5.74, 6) is 0.257. The van der Waals surface area contributed by atoms with E-state index in [4.69, 9.17) is 39.5 Å². The van der Waals surface area contributed by atoms with E-state index < -0.39 is 0 Å². The van der Waals surface area contributed by atoms with Crippen molar-refractivity contribution in [3.05, 3.63) is 33.0 Å². The van der Waals surface area contributed by atoms with Gasteiger partial charge in [0, 0.05) is 6.07 Å². The van der Waals surface area contributed by atoms with Crippen LogP contribution in [0.2, 0.25) is 15.2 Å². The summed E-state index contributed by atoms with van der Waals surface area (Å²) in [6.45, 7) is 7.55. The average molecular weight is 392 g/mol. The van der Waals surface area contributed by atoms with Gasteiger partial charge in [0.1, 0.15) is 10.8 Å². The van der Waals surface area contributed by atoms with E-state index in [9.17, 15) is 4.79 Å². The van der Waals surface area contributed by atoms with Crippen molar-refractivity contribution < 1.29 is 9.53 Å². The third-order valence-electron chi connectivity index (χ3n) is 2.93. The number of hydrogen-bond donors (Lipinski definition) is 1. The highest BCUT2D eigenvalue weighted by atomic mass is 35.5. The van der Waals surface area contributed by atoms with Gasteiger partial charge in [0.15, 0.2) is 11.8 Å². The minimum atomic E-state index is -0.371. The maximum atomic E-state index is 12.1. The zero-order valence-corrected chi connectivity index (χ0v) is 15.9. The maximum Gasteiger partial charge on any atom is 0.263 e. The van der Waals surface area contributed by atoms with E-state index in [2.05, 4.69) is 15.4 Å². The molecule has 9 heteroatoms. The summed E-state index contributed by atoms with van der Waals surface area (Å²) in [6, 6.07) is 3.19. The minimum absolute atomic E-state index is 0.0433. The Hall–Kier alpha value is -1.50. The number of carbonyl (C=O) groups excluding carboxylic acids is 1. The molecule has 0 unspecified atom stereocenters. The quantitative estimate of drug-likeness (QED) is 0.788. The van der Waals surface area contributed by atoms with Crippen LogP contribution in [0.1, 0.15) is 26.5 Å². The van der Waals surface area contributed by atoms with Crippen molar-refractivity contribution in [3.63, 3.8) is 0 Å². The minimum Gasteiger partial charge on any atom is -0.466 e. The van der Waals surface area contributed by atoms with E-state index in [1.807, 2.05) is 27.7 Å². The number of amides is 1. The SMILES string of the molecule is Cc1cc(NC(=O)COc2nc(Cl)c(Cl)cc2Cl)n(C(C)(C)C)n1. The molecular formula is C15H17Cl3N4O2. The fourth-order valence-electron chi connectivity index (χ4n) is 1.94. The Morgan fingerprint density at radius 2 is 1.92 bits per heavy atom. The lowest BCUT2D eigenvalue weighted by Crippen LogP contribution is -2.28. The molecule has 2 heterocycles. The molecule has 0 radical (unpaired) electrons. The Kier molecular flexibility index (Phi) is 5.63. The summed E-state index contributed by atoms with van der Waals surface area (Å²) in [5, 5.41) is 7.58. The summed E-state index contributed by atoms with van der Waals surface area (Å²) < 4.78 is 7.05. The molecule has 0 aliphatic rings. The Morgan fingerprint density at radius 1 is 1.25 bits per heavy atom. The second-order valence-electron chi connectivity index (χ2n) is 6.14. The van der Waals surface area contributed by atoms with E-state index >= 15 is 0 Å². The van der Waals surface area contributed by atoms with Crippen molar-refractivity contribution >= 4 is 46.5 Å². The average Bonchev–Trinajstić information content (AvgIpc) is 2.82. The molecular weight excluding hydrogens is 375 g/mol. The first-order valence-corrected chi connectivity index (χ1v) is 8.22. The van der Waals surface area contributed by atoms with Crippen molar-refractivity contribution in [1.82, 2.24) is 14.8 Å². The van der Waals surface area contributed by atoms with E-state index in [0.29, 0.717) is 5.82 Å². The van der Waals surface area contributed by atoms with Crippen LogP contribution >= 0.6 is 34.8 Å². The monoisotopic (exact) mass is 390 g/mol. The predicted molar refractivity (Wildman–Crippen MR) is 95.4 cm³/mol. The molecule has 2 aromatic heterocycles. The first kappa shape index (κ1) is 18.8. The third-order valence-corrected chi connectivity index (χ3v) is 3.87. The number of anilines is 1. The molecule has 0 aromatic carbocycles. The molecule has 0 fully saturated rings. The van der Waals surface area contributed by atoms with Crippen LogP contribution < -0.4 is 10.1 Å². The highest BCUT2D eigenvalue weighted by Gasteiger charge is 2.20. The third kappa shape index (κ3) is 4.53. The van der Waals surface area contributed by atoms with E-state index in [1.54, 1.807) is 10.7 Å². The second-order valence-corrected chi connectivity index (χ2v) is 7.31. The van der Waals surface area contributed by atoms with Crippen molar-refractivity contribution in [1.29, 1.82) is 0 Å². The summed E-state index contributed by atoms with van der Waals surface area (Å²) >= 11 is 17.6. The van der Waals surface area contributed by atoms with Crippen LogP contribution in [-0.2, 0) is 10.3 Å². The van der Waals surface area contributed by atoms with Crippen LogP contribution in [0, 0.1) is 6.92 Å². The number of nitrogens with one attached hydrogen (secondary N) is 1. The number of nitrogens with zero attached hydrogens (tertiary/aromatic N) is 3. The molecule has 0 bridgehead atoms. The summed E-state index contributed by atoms with van der Waals surface area (Å²) in [7, 11) is 0. The molecule has 0 saturated heterocycles. The van der Waals surface area contributed by atoms with Crippen LogP contribution in [0.25, 0.3) is 0 Å². The van der Waals surface area contributed by atoms with Gasteiger partial charge < -0.3 is 10.1 Å². The topological polar surface area (TPSA) is 69.0 Å². The van der Waals surface area contributed by atoms with Gasteiger partial charge in [-0.05, 0) is 33.8 Å². The number of aromatic nitrogens is 3. The van der Waals surface area contributed by atoms with Crippen molar-refractivity contribution in [3.8, 4) is 5.88 Å². The van der Waals surface area contributed by atoms with Gasteiger partial charge >= 0.3 is 0 Å². The highest BCUT2D eigenvalue weighted by molar-refractivity contribution is 6.42. The van der Waals surface area contributed by atoms with Crippen molar-refractivity contribution in [2.75, 3.05) is 11.9 Å². The standard InChI is InChI=1S/C15H17Cl3N4O2/c1-8-5-11(22(21-8)15(2,3)4)19-12(23)7-24-14-10(17)6-9(16)13(18)20-14/h5-6H,7H2,1-4H3,(H,19,23). The fourth-order valence-corrected chi connectivity index (χ4v) is 2.49. The molecule has 0 aliphatic heterocycles. The molecule has 1 N–H and O–H groups in total. The van der Waals surface area contributed by atoms with Crippen LogP contribution in [0.15, 0.2) is 12.1 Å². The molecule has 24 heavy (non-hydrogen) atoms. The Labute approximate surface area is 155 Å². The van der Waals surface area contributed by atoms with Crippen LogP contribution in [0.5, 0.6) is 5.88 Å². The Morgan fingerprint density at radius 3 is 2.54 bits per heavy atom. The highest BCUT2D eigenvalue weighted by Crippen LogP contribution is 2.30. The largest absolute Gasteiger partial charge is 0.466 e. The van der Waals surface area contributed by atoms with Gasteiger partial charge in [-0.2, -0.15) is 10.1 Å². The van der Waals surface area contributed by atoms with Gasteiger partial charge in [-0.15, -0.1) is 0 Å². The van der Waals surface area contributed by atoms with Gasteiger partial charge in [-0.3, -0.25) is 4.79 Å². The normalized spacial score (nSPS) is 11.5. The lowest BCUT2D eigenvalue weighted by molar-refractivity contribution is -0.118. The molecule has 2 rings (SSSR count). The smallest absolute Gasteiger partial charge is 0.263 e. The number of pyridine rings is 1. The van der Waals surface area contributed by atoms with Gasteiger partial charge in [0.05, 0.1) is 16.3 Å². The van der Waals surface area contributed by atoms with Gasteiger partial charge in [-0.25, -0.2) is 4.68 Å². The molecule has 0 spiro atoms. The first-order chi connectivity index (χ1) is 11.1. The van der Waals surface area contributed by atoms with Crippen molar-refractivity contribution in [2.24, 2.45) is 0 Å². The number of ether oxygens (including phenoxy) is 1. The molecule has 0 atom stereocenters.